The van der Waals surface area contributed by atoms with E-state index in [-0.39, 0.29) is 35.5 Å². The van der Waals surface area contributed by atoms with E-state index >= 15 is 0 Å². The highest BCUT2D eigenvalue weighted by Crippen LogP contribution is 2.52. The van der Waals surface area contributed by atoms with Gasteiger partial charge < -0.3 is 4.74 Å². The van der Waals surface area contributed by atoms with Crippen molar-refractivity contribution < 1.29 is 14.3 Å². The number of nitrogens with zero attached hydrogens (tertiary/aromatic N) is 2. The van der Waals surface area contributed by atoms with Crippen molar-refractivity contribution >= 4 is 49.9 Å². The lowest BCUT2D eigenvalue weighted by Crippen LogP contribution is -2.28. The number of rotatable bonds is 5. The van der Waals surface area contributed by atoms with Crippen molar-refractivity contribution in [1.29, 1.82) is 0 Å². The minimum Gasteiger partial charge on any atom is -0.488 e. The van der Waals surface area contributed by atoms with Crippen LogP contribution in [0.2, 0.25) is 0 Å². The van der Waals surface area contributed by atoms with Crippen molar-refractivity contribution in [3.05, 3.63) is 74.7 Å². The number of benzene rings is 2. The van der Waals surface area contributed by atoms with E-state index in [9.17, 15) is 9.59 Å². The molecule has 2 fully saturated rings. The highest BCUT2D eigenvalue weighted by molar-refractivity contribution is 9.11. The first-order chi connectivity index (χ1) is 14.5. The van der Waals surface area contributed by atoms with Gasteiger partial charge in [0.2, 0.25) is 0 Å². The lowest BCUT2D eigenvalue weighted by molar-refractivity contribution is -0.140. The summed E-state index contributed by atoms with van der Waals surface area (Å²) in [5.74, 6) is 0.132. The van der Waals surface area contributed by atoms with Gasteiger partial charge in [0.25, 0.3) is 11.8 Å². The van der Waals surface area contributed by atoms with Gasteiger partial charge in [-0.3, -0.25) is 9.59 Å². The fourth-order valence-corrected chi connectivity index (χ4v) is 5.79. The summed E-state index contributed by atoms with van der Waals surface area (Å²) in [7, 11) is 0. The Morgan fingerprint density at radius 3 is 2.43 bits per heavy atom. The first-order valence-electron chi connectivity index (χ1n) is 9.79. The van der Waals surface area contributed by atoms with E-state index in [0.29, 0.717) is 17.9 Å². The molecule has 4 atom stereocenters. The molecule has 2 bridgehead atoms. The van der Waals surface area contributed by atoms with Crippen LogP contribution in [-0.2, 0) is 16.2 Å². The van der Waals surface area contributed by atoms with E-state index in [1.165, 1.54) is 6.21 Å². The number of carbonyl (C=O) groups is 2. The molecule has 2 aromatic carbocycles. The first kappa shape index (κ1) is 19.7. The van der Waals surface area contributed by atoms with Crippen molar-refractivity contribution in [2.75, 3.05) is 0 Å². The maximum Gasteiger partial charge on any atom is 0.254 e. The number of hydrogen-bond donors (Lipinski definition) is 0. The van der Waals surface area contributed by atoms with Crippen LogP contribution in [0.25, 0.3) is 0 Å². The van der Waals surface area contributed by atoms with Crippen LogP contribution in [0.5, 0.6) is 5.75 Å². The van der Waals surface area contributed by atoms with E-state index in [0.717, 1.165) is 25.9 Å². The van der Waals surface area contributed by atoms with Crippen LogP contribution < -0.4 is 4.74 Å². The van der Waals surface area contributed by atoms with Crippen LogP contribution in [-0.4, -0.2) is 23.0 Å². The van der Waals surface area contributed by atoms with Crippen molar-refractivity contribution in [2.24, 2.45) is 28.8 Å². The molecule has 1 aliphatic heterocycles. The zero-order valence-electron chi connectivity index (χ0n) is 15.9. The van der Waals surface area contributed by atoms with Crippen molar-refractivity contribution in [1.82, 2.24) is 5.01 Å². The molecule has 0 spiro atoms. The molecule has 30 heavy (non-hydrogen) atoms. The fourth-order valence-electron chi connectivity index (χ4n) is 4.63. The van der Waals surface area contributed by atoms with Gasteiger partial charge in [-0.05, 0) is 42.5 Å². The molecule has 0 unspecified atom stereocenters. The third kappa shape index (κ3) is 3.34. The molecule has 1 saturated carbocycles. The minimum atomic E-state index is -0.245. The van der Waals surface area contributed by atoms with E-state index in [4.69, 9.17) is 4.74 Å². The Kier molecular flexibility index (Phi) is 5.11. The molecule has 0 radical (unpaired) electrons. The minimum absolute atomic E-state index is 0.177. The molecule has 0 aromatic heterocycles. The summed E-state index contributed by atoms with van der Waals surface area (Å²) < 4.78 is 7.93. The number of carbonyl (C=O) groups excluding carboxylic acids is 2. The van der Waals surface area contributed by atoms with Crippen LogP contribution in [0.3, 0.4) is 0 Å². The average Bonchev–Trinajstić information content (AvgIpc) is 3.41. The van der Waals surface area contributed by atoms with Crippen LogP contribution >= 0.6 is 31.9 Å². The quantitative estimate of drug-likeness (QED) is 0.313. The Hall–Kier alpha value is -2.25. The van der Waals surface area contributed by atoms with Crippen LogP contribution in [0.15, 0.2) is 68.7 Å². The van der Waals surface area contributed by atoms with E-state index in [2.05, 4.69) is 49.1 Å². The summed E-state index contributed by atoms with van der Waals surface area (Å²) in [6, 6.07) is 13.4. The highest BCUT2D eigenvalue weighted by atomic mass is 79.9. The lowest BCUT2D eigenvalue weighted by atomic mass is 9.85. The molecular weight excluding hydrogens is 512 g/mol. The molecule has 3 aliphatic rings. The molecule has 2 aromatic rings. The molecule has 1 heterocycles. The Morgan fingerprint density at radius 1 is 1.03 bits per heavy atom. The van der Waals surface area contributed by atoms with Gasteiger partial charge in [-0.2, -0.15) is 10.1 Å². The molecule has 7 heteroatoms. The largest absolute Gasteiger partial charge is 0.488 e. The second kappa shape index (κ2) is 7.78. The highest BCUT2D eigenvalue weighted by Gasteiger charge is 2.59. The molecule has 5 nitrogen and oxygen atoms in total. The van der Waals surface area contributed by atoms with Gasteiger partial charge in [-0.25, -0.2) is 0 Å². The van der Waals surface area contributed by atoms with Gasteiger partial charge >= 0.3 is 0 Å². The van der Waals surface area contributed by atoms with Gasteiger partial charge in [0.05, 0.1) is 18.1 Å². The summed E-state index contributed by atoms with van der Waals surface area (Å²) in [6.45, 7) is 0.374. The zero-order valence-corrected chi connectivity index (χ0v) is 19.0. The van der Waals surface area contributed by atoms with Gasteiger partial charge in [0, 0.05) is 20.1 Å². The number of amides is 2. The standard InChI is InChI=1S/C23H18Br2N2O3/c24-17-8-7-16(18(25)10-17)12-30-19-4-2-1-3-15(19)11-26-27-22(28)20-13-5-6-14(9-13)21(20)23(27)29/h1-8,10-11,13-14,20-21H,9,12H2/t13-,14-,20-,21+/m0/s1. The number of fused-ring (bicyclic) bond motifs is 5. The topological polar surface area (TPSA) is 59.0 Å². The number of hydrazone groups is 1. The molecule has 1 saturated heterocycles. The van der Waals surface area contributed by atoms with Crippen molar-refractivity contribution in [3.63, 3.8) is 0 Å². The first-order valence-corrected chi connectivity index (χ1v) is 11.4. The summed E-state index contributed by atoms with van der Waals surface area (Å²) >= 11 is 6.99. The van der Waals surface area contributed by atoms with Crippen molar-refractivity contribution in [3.8, 4) is 5.75 Å². The number of halogens is 2. The smallest absolute Gasteiger partial charge is 0.254 e. The molecule has 2 amide bonds. The van der Waals surface area contributed by atoms with Crippen LogP contribution in [0.1, 0.15) is 17.5 Å². The second-order valence-electron chi connectivity index (χ2n) is 7.79. The molecule has 152 valence electrons. The Balaban J connectivity index is 1.33. The number of ether oxygens (including phenoxy) is 1. The van der Waals surface area contributed by atoms with Gasteiger partial charge in [0.1, 0.15) is 12.4 Å². The van der Waals surface area contributed by atoms with Gasteiger partial charge in [-0.1, -0.05) is 62.2 Å². The third-order valence-corrected chi connectivity index (χ3v) is 7.31. The molecule has 0 N–H and O–H groups in total. The molecule has 2 aliphatic carbocycles. The summed E-state index contributed by atoms with van der Waals surface area (Å²) in [5.41, 5.74) is 1.72. The molecular formula is C23H18Br2N2O3. The summed E-state index contributed by atoms with van der Waals surface area (Å²) in [5, 5.41) is 5.32. The van der Waals surface area contributed by atoms with Gasteiger partial charge in [0.15, 0.2) is 0 Å². The summed E-state index contributed by atoms with van der Waals surface area (Å²) in [4.78, 5) is 25.6. The maximum atomic E-state index is 12.8. The summed E-state index contributed by atoms with van der Waals surface area (Å²) in [6.07, 6.45) is 6.60. The third-order valence-electron chi connectivity index (χ3n) is 6.08. The second-order valence-corrected chi connectivity index (χ2v) is 9.56. The number of allylic oxidation sites excluding steroid dienone is 2. The van der Waals surface area contributed by atoms with Crippen LogP contribution in [0.4, 0.5) is 0 Å². The molecule has 5 rings (SSSR count). The van der Waals surface area contributed by atoms with E-state index in [1.807, 2.05) is 42.5 Å². The zero-order chi connectivity index (χ0) is 20.8. The Bertz CT molecular complexity index is 1070. The predicted molar refractivity (Wildman–Crippen MR) is 120 cm³/mol. The number of hydrogen-bond acceptors (Lipinski definition) is 4. The number of para-hydroxylation sites is 1. The Labute approximate surface area is 191 Å². The van der Waals surface area contributed by atoms with Crippen molar-refractivity contribution in [2.45, 2.75) is 13.0 Å². The lowest BCUT2D eigenvalue weighted by Gasteiger charge is -2.13. The SMILES string of the molecule is O=C1[C@@H]2[C@H](C(=O)N1N=Cc1ccccc1OCc1ccc(Br)cc1Br)[C@H]1C=C[C@H]2C1. The predicted octanol–water partition coefficient (Wildman–Crippen LogP) is 4.93. The van der Waals surface area contributed by atoms with Gasteiger partial charge in [-0.15, -0.1) is 0 Å². The monoisotopic (exact) mass is 528 g/mol. The number of imide groups is 1. The van der Waals surface area contributed by atoms with E-state index < -0.39 is 0 Å². The maximum absolute atomic E-state index is 12.8. The average molecular weight is 530 g/mol. The fraction of sp³-hybridized carbons (Fsp3) is 0.261. The Morgan fingerprint density at radius 2 is 1.73 bits per heavy atom. The van der Waals surface area contributed by atoms with Crippen LogP contribution in [0, 0.1) is 23.7 Å². The normalized spacial score (nSPS) is 26.8. The van der Waals surface area contributed by atoms with E-state index in [1.54, 1.807) is 0 Å².